The van der Waals surface area contributed by atoms with Gasteiger partial charge in [0.2, 0.25) is 0 Å². The second-order valence-electron chi connectivity index (χ2n) is 6.68. The zero-order valence-corrected chi connectivity index (χ0v) is 12.1. The van der Waals surface area contributed by atoms with Crippen LogP contribution in [0.5, 0.6) is 0 Å². The summed E-state index contributed by atoms with van der Waals surface area (Å²) >= 11 is 0. The predicted octanol–water partition coefficient (Wildman–Crippen LogP) is 2.89. The van der Waals surface area contributed by atoms with E-state index in [2.05, 4.69) is 51.8 Å². The van der Waals surface area contributed by atoms with E-state index in [1.807, 2.05) is 0 Å². The molecular formula is C14H30N2. The number of nitrogens with one attached hydrogen (secondary N) is 1. The number of piperazine rings is 1. The van der Waals surface area contributed by atoms with Gasteiger partial charge in [0.1, 0.15) is 0 Å². The van der Waals surface area contributed by atoms with Crippen LogP contribution < -0.4 is 5.32 Å². The topological polar surface area (TPSA) is 15.3 Å². The summed E-state index contributed by atoms with van der Waals surface area (Å²) in [6.07, 6.45) is 2.47. The van der Waals surface area contributed by atoms with Gasteiger partial charge in [-0.05, 0) is 25.2 Å². The summed E-state index contributed by atoms with van der Waals surface area (Å²) in [5.74, 6) is 0. The van der Waals surface area contributed by atoms with Crippen LogP contribution in [0.1, 0.15) is 54.4 Å². The highest BCUT2D eigenvalue weighted by atomic mass is 15.3. The third-order valence-corrected chi connectivity index (χ3v) is 3.93. The minimum atomic E-state index is 0.359. The molecule has 1 rings (SSSR count). The molecule has 1 aliphatic heterocycles. The summed E-state index contributed by atoms with van der Waals surface area (Å²) in [5, 5.41) is 3.76. The summed E-state index contributed by atoms with van der Waals surface area (Å²) in [5.41, 5.74) is 0.760. The molecule has 1 fully saturated rings. The second kappa shape index (κ2) is 5.05. The maximum atomic E-state index is 3.76. The van der Waals surface area contributed by atoms with Gasteiger partial charge in [0.25, 0.3) is 0 Å². The molecule has 0 saturated carbocycles. The van der Waals surface area contributed by atoms with Gasteiger partial charge in [-0.15, -0.1) is 0 Å². The van der Waals surface area contributed by atoms with Crippen LogP contribution in [-0.4, -0.2) is 36.1 Å². The first-order chi connectivity index (χ1) is 7.32. The van der Waals surface area contributed by atoms with Gasteiger partial charge in [-0.3, -0.25) is 4.90 Å². The Hall–Kier alpha value is -0.0800. The molecule has 2 nitrogen and oxygen atoms in total. The monoisotopic (exact) mass is 226 g/mol. The lowest BCUT2D eigenvalue weighted by Crippen LogP contribution is -2.64. The highest BCUT2D eigenvalue weighted by Gasteiger charge is 2.36. The zero-order chi connectivity index (χ0) is 12.4. The van der Waals surface area contributed by atoms with Crippen molar-refractivity contribution in [2.24, 2.45) is 5.41 Å². The van der Waals surface area contributed by atoms with Gasteiger partial charge in [0.05, 0.1) is 0 Å². The summed E-state index contributed by atoms with van der Waals surface area (Å²) in [6, 6.07) is 0.672. The molecule has 0 bridgehead atoms. The van der Waals surface area contributed by atoms with Gasteiger partial charge < -0.3 is 5.32 Å². The fourth-order valence-electron chi connectivity index (χ4n) is 2.64. The van der Waals surface area contributed by atoms with E-state index in [1.165, 1.54) is 25.9 Å². The van der Waals surface area contributed by atoms with Crippen molar-refractivity contribution in [1.82, 2.24) is 10.2 Å². The lowest BCUT2D eigenvalue weighted by atomic mass is 9.86. The molecule has 1 atom stereocenters. The Labute approximate surface area is 102 Å². The Bertz CT molecular complexity index is 213. The molecule has 2 heteroatoms. The quantitative estimate of drug-likeness (QED) is 0.796. The summed E-state index contributed by atoms with van der Waals surface area (Å²) in [6.45, 7) is 17.5. The van der Waals surface area contributed by atoms with E-state index in [0.717, 1.165) is 6.54 Å². The van der Waals surface area contributed by atoms with Crippen molar-refractivity contribution < 1.29 is 0 Å². The molecule has 1 heterocycles. The molecule has 1 saturated heterocycles. The molecule has 0 aliphatic carbocycles. The van der Waals surface area contributed by atoms with E-state index >= 15 is 0 Å². The van der Waals surface area contributed by atoms with E-state index in [9.17, 15) is 0 Å². The molecule has 1 N–H and O–H groups in total. The summed E-state index contributed by atoms with van der Waals surface area (Å²) < 4.78 is 0. The Balaban J connectivity index is 2.68. The highest BCUT2D eigenvalue weighted by Crippen LogP contribution is 2.25. The fraction of sp³-hybridized carbons (Fsp3) is 1.00. The lowest BCUT2D eigenvalue weighted by molar-refractivity contribution is 0.0538. The Morgan fingerprint density at radius 3 is 2.25 bits per heavy atom. The van der Waals surface area contributed by atoms with Crippen LogP contribution in [0.4, 0.5) is 0 Å². The van der Waals surface area contributed by atoms with Gasteiger partial charge in [0, 0.05) is 31.2 Å². The SMILES string of the molecule is CCC1(CC)CN(CC(C)(C)C)C(C)CN1. The van der Waals surface area contributed by atoms with Crippen molar-refractivity contribution in [2.75, 3.05) is 19.6 Å². The number of nitrogens with zero attached hydrogens (tertiary/aromatic N) is 1. The predicted molar refractivity (Wildman–Crippen MR) is 71.8 cm³/mol. The van der Waals surface area contributed by atoms with Gasteiger partial charge >= 0.3 is 0 Å². The van der Waals surface area contributed by atoms with Gasteiger partial charge in [-0.2, -0.15) is 0 Å². The number of rotatable bonds is 3. The standard InChI is InChI=1S/C14H30N2/c1-7-14(8-2)11-16(10-13(4,5)6)12(3)9-15-14/h12,15H,7-11H2,1-6H3. The van der Waals surface area contributed by atoms with Crippen molar-refractivity contribution >= 4 is 0 Å². The van der Waals surface area contributed by atoms with Crippen LogP contribution in [0.25, 0.3) is 0 Å². The minimum Gasteiger partial charge on any atom is -0.308 e. The molecule has 0 amide bonds. The van der Waals surface area contributed by atoms with E-state index in [-0.39, 0.29) is 0 Å². The van der Waals surface area contributed by atoms with Crippen molar-refractivity contribution in [3.05, 3.63) is 0 Å². The van der Waals surface area contributed by atoms with Crippen molar-refractivity contribution in [3.8, 4) is 0 Å². The molecule has 0 spiro atoms. The first-order valence-electron chi connectivity index (χ1n) is 6.81. The van der Waals surface area contributed by atoms with Gasteiger partial charge in [-0.1, -0.05) is 34.6 Å². The lowest BCUT2D eigenvalue weighted by Gasteiger charge is -2.48. The highest BCUT2D eigenvalue weighted by molar-refractivity contribution is 4.96. The van der Waals surface area contributed by atoms with Crippen LogP contribution in [-0.2, 0) is 0 Å². The Morgan fingerprint density at radius 1 is 1.25 bits per heavy atom. The third-order valence-electron chi connectivity index (χ3n) is 3.93. The van der Waals surface area contributed by atoms with Gasteiger partial charge in [-0.25, -0.2) is 0 Å². The average Bonchev–Trinajstić information content (AvgIpc) is 2.20. The minimum absolute atomic E-state index is 0.359. The summed E-state index contributed by atoms with van der Waals surface area (Å²) in [4.78, 5) is 2.67. The molecule has 0 aromatic heterocycles. The largest absolute Gasteiger partial charge is 0.308 e. The fourth-order valence-corrected chi connectivity index (χ4v) is 2.64. The normalized spacial score (nSPS) is 27.0. The zero-order valence-electron chi connectivity index (χ0n) is 12.1. The number of hydrogen-bond acceptors (Lipinski definition) is 2. The molecule has 1 unspecified atom stereocenters. The molecular weight excluding hydrogens is 196 g/mol. The van der Waals surface area contributed by atoms with Crippen molar-refractivity contribution in [1.29, 1.82) is 0 Å². The molecule has 0 aromatic rings. The first-order valence-corrected chi connectivity index (χ1v) is 6.81. The third kappa shape index (κ3) is 3.46. The van der Waals surface area contributed by atoms with Crippen molar-refractivity contribution in [2.45, 2.75) is 66.0 Å². The first kappa shape index (κ1) is 14.0. The van der Waals surface area contributed by atoms with Crippen LogP contribution in [0.2, 0.25) is 0 Å². The summed E-state index contributed by atoms with van der Waals surface area (Å²) in [7, 11) is 0. The van der Waals surface area contributed by atoms with Crippen LogP contribution in [0.3, 0.4) is 0 Å². The molecule has 16 heavy (non-hydrogen) atoms. The van der Waals surface area contributed by atoms with Crippen LogP contribution in [0.15, 0.2) is 0 Å². The maximum Gasteiger partial charge on any atom is 0.0304 e. The second-order valence-corrected chi connectivity index (χ2v) is 6.68. The average molecular weight is 226 g/mol. The van der Waals surface area contributed by atoms with E-state index in [0.29, 0.717) is 17.0 Å². The molecule has 1 aliphatic rings. The van der Waals surface area contributed by atoms with Crippen LogP contribution >= 0.6 is 0 Å². The maximum absolute atomic E-state index is 3.76. The molecule has 96 valence electrons. The Morgan fingerprint density at radius 2 is 1.81 bits per heavy atom. The molecule has 0 aromatic carbocycles. The van der Waals surface area contributed by atoms with E-state index in [4.69, 9.17) is 0 Å². The number of hydrogen-bond donors (Lipinski definition) is 1. The van der Waals surface area contributed by atoms with E-state index in [1.54, 1.807) is 0 Å². The smallest absolute Gasteiger partial charge is 0.0304 e. The van der Waals surface area contributed by atoms with E-state index < -0.39 is 0 Å². The van der Waals surface area contributed by atoms with Crippen molar-refractivity contribution in [3.63, 3.8) is 0 Å². The molecule has 0 radical (unpaired) electrons. The Kier molecular flexibility index (Phi) is 4.42. The van der Waals surface area contributed by atoms with Gasteiger partial charge in [0.15, 0.2) is 0 Å². The van der Waals surface area contributed by atoms with Crippen LogP contribution in [0, 0.1) is 5.41 Å².